The highest BCUT2D eigenvalue weighted by atomic mass is 32.1. The molecule has 0 spiro atoms. The van der Waals surface area contributed by atoms with Gasteiger partial charge in [-0.2, -0.15) is 0 Å². The smallest absolute Gasteiger partial charge is 0.230 e. The van der Waals surface area contributed by atoms with Crippen LogP contribution in [0.1, 0.15) is 34.0 Å². The molecular formula is C32H30N8O2S2. The molecule has 10 nitrogen and oxygen atoms in total. The largest absolute Gasteiger partial charge is 0.324 e. The van der Waals surface area contributed by atoms with E-state index >= 15 is 0 Å². The van der Waals surface area contributed by atoms with Crippen LogP contribution in [0.2, 0.25) is 0 Å². The fourth-order valence-electron chi connectivity index (χ4n) is 4.73. The van der Waals surface area contributed by atoms with Crippen LogP contribution in [0.25, 0.3) is 11.4 Å². The van der Waals surface area contributed by atoms with E-state index in [0.717, 1.165) is 58.2 Å². The first-order chi connectivity index (χ1) is 21.6. The lowest BCUT2D eigenvalue weighted by molar-refractivity contribution is -0.116. The number of rotatable bonds is 13. The summed E-state index contributed by atoms with van der Waals surface area (Å²) in [6, 6.07) is 23.7. The van der Waals surface area contributed by atoms with E-state index < -0.39 is 0 Å². The number of anilines is 2. The summed E-state index contributed by atoms with van der Waals surface area (Å²) >= 11 is 2.80. The molecule has 0 aliphatic heterocycles. The third kappa shape index (κ3) is 7.91. The lowest BCUT2D eigenvalue weighted by atomic mass is 10.1. The molecule has 0 aliphatic carbocycles. The number of nitrogens with one attached hydrogen (secondary N) is 2. The number of benzene rings is 2. The standard InChI is InChI=1S/C32H30N8O2S2/c41-27(21-23-9-7-11-25(19-23)39-15-3-4-16-39)33-31-37-35-29(43-31)13-1-2-14-30-36-38-32(44-30)34-28(42)22-24-10-8-12-26(20-24)40-17-5-6-18-40/h3-12,15-20H,1-2,13-14,21-22H2,(H,33,37,41)(H,34,38,42). The maximum absolute atomic E-state index is 12.6. The van der Waals surface area contributed by atoms with E-state index in [4.69, 9.17) is 0 Å². The molecule has 2 N–H and O–H groups in total. The van der Waals surface area contributed by atoms with Crippen molar-refractivity contribution in [2.24, 2.45) is 0 Å². The Morgan fingerprint density at radius 3 is 1.45 bits per heavy atom. The van der Waals surface area contributed by atoms with Gasteiger partial charge in [-0.1, -0.05) is 46.9 Å². The molecule has 0 atom stereocenters. The van der Waals surface area contributed by atoms with Gasteiger partial charge in [-0.3, -0.25) is 9.59 Å². The Kier molecular flexibility index (Phi) is 9.29. The molecule has 2 amide bonds. The second-order valence-electron chi connectivity index (χ2n) is 10.2. The summed E-state index contributed by atoms with van der Waals surface area (Å²) in [6.45, 7) is 0. The molecular weight excluding hydrogens is 593 g/mol. The van der Waals surface area contributed by atoms with Crippen LogP contribution in [0.15, 0.2) is 97.6 Å². The molecule has 0 saturated carbocycles. The first-order valence-electron chi connectivity index (χ1n) is 14.3. The minimum Gasteiger partial charge on any atom is -0.324 e. The lowest BCUT2D eigenvalue weighted by Gasteiger charge is -2.06. The van der Waals surface area contributed by atoms with Crippen LogP contribution in [-0.2, 0) is 35.3 Å². The van der Waals surface area contributed by atoms with Gasteiger partial charge in [0.1, 0.15) is 10.0 Å². The fourth-order valence-corrected chi connectivity index (χ4v) is 6.32. The summed E-state index contributed by atoms with van der Waals surface area (Å²) < 4.78 is 4.02. The van der Waals surface area contributed by atoms with Gasteiger partial charge in [-0.25, -0.2) is 0 Å². The average molecular weight is 623 g/mol. The Bertz CT molecular complexity index is 1690. The van der Waals surface area contributed by atoms with Crippen molar-refractivity contribution in [3.8, 4) is 11.4 Å². The molecule has 0 unspecified atom stereocenters. The third-order valence-electron chi connectivity index (χ3n) is 6.81. The second kappa shape index (κ2) is 14.0. The molecule has 6 rings (SSSR count). The molecule has 44 heavy (non-hydrogen) atoms. The van der Waals surface area contributed by atoms with Crippen molar-refractivity contribution in [2.75, 3.05) is 10.6 Å². The van der Waals surface area contributed by atoms with Crippen LogP contribution in [-0.4, -0.2) is 41.3 Å². The quantitative estimate of drug-likeness (QED) is 0.155. The van der Waals surface area contributed by atoms with E-state index in [2.05, 4.69) is 31.0 Å². The number of amides is 2. The second-order valence-corrected chi connectivity index (χ2v) is 12.3. The monoisotopic (exact) mass is 622 g/mol. The van der Waals surface area contributed by atoms with Crippen LogP contribution < -0.4 is 10.6 Å². The number of carbonyl (C=O) groups excluding carboxylic acids is 2. The van der Waals surface area contributed by atoms with Gasteiger partial charge in [0, 0.05) is 49.0 Å². The van der Waals surface area contributed by atoms with E-state index in [1.807, 2.05) is 107 Å². The van der Waals surface area contributed by atoms with E-state index in [1.54, 1.807) is 0 Å². The molecule has 0 bridgehead atoms. The van der Waals surface area contributed by atoms with Crippen LogP contribution in [0.5, 0.6) is 0 Å². The summed E-state index contributed by atoms with van der Waals surface area (Å²) in [4.78, 5) is 25.2. The van der Waals surface area contributed by atoms with E-state index in [9.17, 15) is 9.59 Å². The summed E-state index contributed by atoms with van der Waals surface area (Å²) in [5.74, 6) is -0.246. The van der Waals surface area contributed by atoms with Gasteiger partial charge < -0.3 is 19.8 Å². The third-order valence-corrected chi connectivity index (χ3v) is 8.61. The minimum atomic E-state index is -0.123. The Morgan fingerprint density at radius 1 is 0.591 bits per heavy atom. The van der Waals surface area contributed by atoms with Crippen molar-refractivity contribution in [1.82, 2.24) is 29.5 Å². The number of aromatic nitrogens is 6. The number of hydrogen-bond acceptors (Lipinski definition) is 8. The predicted octanol–water partition coefficient (Wildman–Crippen LogP) is 5.90. The average Bonchev–Trinajstić information content (AvgIpc) is 3.84. The van der Waals surface area contributed by atoms with Gasteiger partial charge in [0.05, 0.1) is 12.8 Å². The molecule has 0 fully saturated rings. The minimum absolute atomic E-state index is 0.123. The van der Waals surface area contributed by atoms with Gasteiger partial charge in [0.25, 0.3) is 0 Å². The number of aryl methyl sites for hydroxylation is 2. The molecule has 0 saturated heterocycles. The first-order valence-corrected chi connectivity index (χ1v) is 15.9. The van der Waals surface area contributed by atoms with Gasteiger partial charge in [-0.15, -0.1) is 20.4 Å². The highest BCUT2D eigenvalue weighted by Gasteiger charge is 2.12. The fraction of sp³-hybridized carbons (Fsp3) is 0.188. The topological polar surface area (TPSA) is 120 Å². The van der Waals surface area contributed by atoms with Crippen molar-refractivity contribution in [1.29, 1.82) is 0 Å². The predicted molar refractivity (Wildman–Crippen MR) is 173 cm³/mol. The van der Waals surface area contributed by atoms with E-state index in [-0.39, 0.29) is 24.7 Å². The maximum Gasteiger partial charge on any atom is 0.230 e. The summed E-state index contributed by atoms with van der Waals surface area (Å²) in [5, 5.41) is 25.3. The lowest BCUT2D eigenvalue weighted by Crippen LogP contribution is -2.14. The summed E-state index contributed by atoms with van der Waals surface area (Å²) in [7, 11) is 0. The van der Waals surface area contributed by atoms with Gasteiger partial charge in [-0.05, 0) is 72.5 Å². The van der Waals surface area contributed by atoms with E-state index in [1.165, 1.54) is 22.7 Å². The summed E-state index contributed by atoms with van der Waals surface area (Å²) in [6.07, 6.45) is 11.7. The van der Waals surface area contributed by atoms with E-state index in [0.29, 0.717) is 10.3 Å². The van der Waals surface area contributed by atoms with Gasteiger partial charge in [0.2, 0.25) is 22.1 Å². The molecule has 6 aromatic rings. The zero-order valence-corrected chi connectivity index (χ0v) is 25.4. The number of nitrogens with zero attached hydrogens (tertiary/aromatic N) is 6. The van der Waals surface area contributed by atoms with Gasteiger partial charge >= 0.3 is 0 Å². The summed E-state index contributed by atoms with van der Waals surface area (Å²) in [5.41, 5.74) is 3.88. The number of carbonyl (C=O) groups is 2. The molecule has 0 radical (unpaired) electrons. The molecule has 222 valence electrons. The van der Waals surface area contributed by atoms with Crippen LogP contribution in [0.3, 0.4) is 0 Å². The first kappa shape index (κ1) is 29.1. The van der Waals surface area contributed by atoms with Crippen LogP contribution in [0.4, 0.5) is 10.3 Å². The number of hydrogen-bond donors (Lipinski definition) is 2. The molecule has 4 aromatic heterocycles. The van der Waals surface area contributed by atoms with Gasteiger partial charge in [0.15, 0.2) is 0 Å². The molecule has 0 aliphatic rings. The zero-order chi connectivity index (χ0) is 30.1. The number of unbranched alkanes of at least 4 members (excludes halogenated alkanes) is 1. The Hall–Kier alpha value is -4.94. The van der Waals surface area contributed by atoms with Crippen molar-refractivity contribution in [3.63, 3.8) is 0 Å². The molecule has 12 heteroatoms. The maximum atomic E-state index is 12.6. The van der Waals surface area contributed by atoms with Crippen LogP contribution in [0, 0.1) is 0 Å². The normalized spacial score (nSPS) is 11.0. The Morgan fingerprint density at radius 2 is 1.02 bits per heavy atom. The van der Waals surface area contributed by atoms with Crippen LogP contribution >= 0.6 is 22.7 Å². The molecule has 2 aromatic carbocycles. The van der Waals surface area contributed by atoms with Crippen molar-refractivity contribution < 1.29 is 9.59 Å². The van der Waals surface area contributed by atoms with Crippen molar-refractivity contribution in [2.45, 2.75) is 38.5 Å². The highest BCUT2D eigenvalue weighted by molar-refractivity contribution is 7.15. The zero-order valence-electron chi connectivity index (χ0n) is 23.8. The molecule has 4 heterocycles. The SMILES string of the molecule is O=C(Cc1cccc(-n2cccc2)c1)Nc1nnc(CCCCc2nnc(NC(=O)Cc3cccc(-n4cccc4)c3)s2)s1. The Balaban J connectivity index is 0.909. The van der Waals surface area contributed by atoms with Crippen molar-refractivity contribution >= 4 is 44.8 Å². The Labute approximate surface area is 262 Å². The van der Waals surface area contributed by atoms with Crippen molar-refractivity contribution in [3.05, 3.63) is 119 Å². The highest BCUT2D eigenvalue weighted by Crippen LogP contribution is 2.21.